The lowest BCUT2D eigenvalue weighted by molar-refractivity contribution is -0.123. The zero-order valence-electron chi connectivity index (χ0n) is 8.36. The van der Waals surface area contributed by atoms with Gasteiger partial charge in [-0.2, -0.15) is 0 Å². The highest BCUT2D eigenvalue weighted by atomic mass is 16.3. The number of hydrogen-bond acceptors (Lipinski definition) is 4. The molecule has 0 saturated carbocycles. The van der Waals surface area contributed by atoms with Gasteiger partial charge in [-0.25, -0.2) is 0 Å². The topological polar surface area (TPSA) is 60.8 Å². The Morgan fingerprint density at radius 3 is 2.00 bits per heavy atom. The molecule has 0 aromatic carbocycles. The summed E-state index contributed by atoms with van der Waals surface area (Å²) in [7, 11) is 0. The third-order valence-electron chi connectivity index (χ3n) is 1.86. The fraction of sp³-hybridized carbons (Fsp3) is 0.889. The predicted molar refractivity (Wildman–Crippen MR) is 50.5 cm³/mol. The highest BCUT2D eigenvalue weighted by molar-refractivity contribution is 5.82. The lowest BCUT2D eigenvalue weighted by Gasteiger charge is -2.19. The highest BCUT2D eigenvalue weighted by Gasteiger charge is 2.12. The Balaban J connectivity index is 3.86. The Hall–Kier alpha value is -0.450. The summed E-state index contributed by atoms with van der Waals surface area (Å²) in [5.74, 6) is 0.154. The second-order valence-corrected chi connectivity index (χ2v) is 3.34. The standard InChI is InChI=1S/C9H19NO3/c1-8(2)9(13)7-10(3-5-11)4-6-12/h8,11-12H,3-7H2,1-2H3. The molecular formula is C9H19NO3. The summed E-state index contributed by atoms with van der Waals surface area (Å²) >= 11 is 0. The predicted octanol–water partition coefficient (Wildman–Crippen LogP) is -0.502. The normalized spacial score (nSPS) is 11.2. The number of hydrogen-bond donors (Lipinski definition) is 2. The van der Waals surface area contributed by atoms with Crippen molar-refractivity contribution in [3.05, 3.63) is 0 Å². The van der Waals surface area contributed by atoms with E-state index >= 15 is 0 Å². The number of carbonyl (C=O) groups excluding carboxylic acids is 1. The maximum Gasteiger partial charge on any atom is 0.149 e. The second-order valence-electron chi connectivity index (χ2n) is 3.34. The van der Waals surface area contributed by atoms with Crippen molar-refractivity contribution in [2.45, 2.75) is 13.8 Å². The van der Waals surface area contributed by atoms with Crippen molar-refractivity contribution in [2.75, 3.05) is 32.8 Å². The van der Waals surface area contributed by atoms with Gasteiger partial charge in [0.05, 0.1) is 19.8 Å². The fourth-order valence-electron chi connectivity index (χ4n) is 0.956. The first-order chi connectivity index (χ1) is 6.11. The number of carbonyl (C=O) groups is 1. The monoisotopic (exact) mass is 189 g/mol. The van der Waals surface area contributed by atoms with Crippen LogP contribution in [0.3, 0.4) is 0 Å². The molecule has 0 aliphatic rings. The van der Waals surface area contributed by atoms with Crippen molar-refractivity contribution in [1.29, 1.82) is 0 Å². The van der Waals surface area contributed by atoms with Crippen LogP contribution in [-0.2, 0) is 4.79 Å². The average molecular weight is 189 g/mol. The van der Waals surface area contributed by atoms with Gasteiger partial charge in [0.1, 0.15) is 5.78 Å². The Labute approximate surface area is 79.2 Å². The van der Waals surface area contributed by atoms with Crippen LogP contribution in [0.2, 0.25) is 0 Å². The van der Waals surface area contributed by atoms with Gasteiger partial charge in [-0.1, -0.05) is 13.8 Å². The Bertz CT molecular complexity index is 142. The molecule has 4 heteroatoms. The van der Waals surface area contributed by atoms with Crippen LogP contribution in [0, 0.1) is 5.92 Å². The Kier molecular flexibility index (Phi) is 6.76. The number of rotatable bonds is 7. The van der Waals surface area contributed by atoms with Gasteiger partial charge >= 0.3 is 0 Å². The molecule has 78 valence electrons. The van der Waals surface area contributed by atoms with E-state index in [9.17, 15) is 4.79 Å². The molecule has 0 aliphatic carbocycles. The molecule has 0 rings (SSSR count). The lowest BCUT2D eigenvalue weighted by atomic mass is 10.1. The van der Waals surface area contributed by atoms with E-state index in [2.05, 4.69) is 0 Å². The van der Waals surface area contributed by atoms with Gasteiger partial charge in [-0.15, -0.1) is 0 Å². The third-order valence-corrected chi connectivity index (χ3v) is 1.86. The summed E-state index contributed by atoms with van der Waals surface area (Å²) < 4.78 is 0. The van der Waals surface area contributed by atoms with Crippen LogP contribution in [-0.4, -0.2) is 53.7 Å². The quantitative estimate of drug-likeness (QED) is 0.566. The molecule has 4 nitrogen and oxygen atoms in total. The average Bonchev–Trinajstić information content (AvgIpc) is 2.05. The molecule has 0 saturated heterocycles. The van der Waals surface area contributed by atoms with E-state index in [1.165, 1.54) is 0 Å². The van der Waals surface area contributed by atoms with Crippen LogP contribution in [0.4, 0.5) is 0 Å². The van der Waals surface area contributed by atoms with Gasteiger partial charge in [-0.3, -0.25) is 9.69 Å². The summed E-state index contributed by atoms with van der Waals surface area (Å²) in [6.07, 6.45) is 0. The molecule has 13 heavy (non-hydrogen) atoms. The molecule has 0 fully saturated rings. The van der Waals surface area contributed by atoms with Gasteiger partial charge in [0.15, 0.2) is 0 Å². The van der Waals surface area contributed by atoms with Crippen molar-refractivity contribution in [1.82, 2.24) is 4.90 Å². The second kappa shape index (κ2) is 7.00. The first kappa shape index (κ1) is 12.6. The van der Waals surface area contributed by atoms with E-state index < -0.39 is 0 Å². The summed E-state index contributed by atoms with van der Waals surface area (Å²) in [5.41, 5.74) is 0. The largest absolute Gasteiger partial charge is 0.395 e. The van der Waals surface area contributed by atoms with E-state index in [1.807, 2.05) is 13.8 Å². The molecule has 0 heterocycles. The summed E-state index contributed by atoms with van der Waals surface area (Å²) in [6, 6.07) is 0. The van der Waals surface area contributed by atoms with Gasteiger partial charge < -0.3 is 10.2 Å². The van der Waals surface area contributed by atoms with Gasteiger partial charge in [0, 0.05) is 19.0 Å². The maximum atomic E-state index is 11.3. The van der Waals surface area contributed by atoms with E-state index in [1.54, 1.807) is 4.90 Å². The van der Waals surface area contributed by atoms with Crippen LogP contribution >= 0.6 is 0 Å². The molecular weight excluding hydrogens is 170 g/mol. The molecule has 0 amide bonds. The molecule has 2 N–H and O–H groups in total. The minimum Gasteiger partial charge on any atom is -0.395 e. The van der Waals surface area contributed by atoms with Crippen LogP contribution in [0.5, 0.6) is 0 Å². The van der Waals surface area contributed by atoms with Gasteiger partial charge in [0.25, 0.3) is 0 Å². The summed E-state index contributed by atoms with van der Waals surface area (Å²) in [5, 5.41) is 17.4. The summed E-state index contributed by atoms with van der Waals surface area (Å²) in [6.45, 7) is 4.93. The smallest absolute Gasteiger partial charge is 0.149 e. The van der Waals surface area contributed by atoms with Crippen molar-refractivity contribution >= 4 is 5.78 Å². The van der Waals surface area contributed by atoms with Crippen molar-refractivity contribution in [2.24, 2.45) is 5.92 Å². The van der Waals surface area contributed by atoms with E-state index in [0.717, 1.165) is 0 Å². The molecule has 0 bridgehead atoms. The summed E-state index contributed by atoms with van der Waals surface area (Å²) in [4.78, 5) is 13.1. The molecule has 0 aromatic rings. The Morgan fingerprint density at radius 1 is 1.23 bits per heavy atom. The van der Waals surface area contributed by atoms with Crippen LogP contribution in [0.15, 0.2) is 0 Å². The zero-order valence-corrected chi connectivity index (χ0v) is 8.36. The molecule has 0 aromatic heterocycles. The van der Waals surface area contributed by atoms with Crippen LogP contribution in [0.25, 0.3) is 0 Å². The minimum atomic E-state index is 0.0138. The number of aliphatic hydroxyl groups is 2. The lowest BCUT2D eigenvalue weighted by Crippen LogP contribution is -2.36. The number of aliphatic hydroxyl groups excluding tert-OH is 2. The molecule has 0 radical (unpaired) electrons. The third kappa shape index (κ3) is 5.74. The van der Waals surface area contributed by atoms with Crippen LogP contribution in [0.1, 0.15) is 13.8 Å². The molecule has 0 spiro atoms. The van der Waals surface area contributed by atoms with Crippen molar-refractivity contribution < 1.29 is 15.0 Å². The van der Waals surface area contributed by atoms with Gasteiger partial charge in [0.2, 0.25) is 0 Å². The zero-order chi connectivity index (χ0) is 10.3. The van der Waals surface area contributed by atoms with E-state index in [0.29, 0.717) is 19.6 Å². The van der Waals surface area contributed by atoms with Gasteiger partial charge in [-0.05, 0) is 0 Å². The number of Topliss-reactive ketones (excluding diaryl/α,β-unsaturated/α-hetero) is 1. The number of nitrogens with zero attached hydrogens (tertiary/aromatic N) is 1. The van der Waals surface area contributed by atoms with Crippen molar-refractivity contribution in [3.8, 4) is 0 Å². The Morgan fingerprint density at radius 2 is 1.69 bits per heavy atom. The first-order valence-electron chi connectivity index (χ1n) is 4.58. The minimum absolute atomic E-state index is 0.0138. The highest BCUT2D eigenvalue weighted by Crippen LogP contribution is 1.97. The van der Waals surface area contributed by atoms with Crippen molar-refractivity contribution in [3.63, 3.8) is 0 Å². The van der Waals surface area contributed by atoms with E-state index in [4.69, 9.17) is 10.2 Å². The molecule has 0 atom stereocenters. The van der Waals surface area contributed by atoms with E-state index in [-0.39, 0.29) is 24.9 Å². The first-order valence-corrected chi connectivity index (χ1v) is 4.58. The fourth-order valence-corrected chi connectivity index (χ4v) is 0.956. The molecule has 0 aliphatic heterocycles. The SMILES string of the molecule is CC(C)C(=O)CN(CCO)CCO. The maximum absolute atomic E-state index is 11.3. The number of ketones is 1. The molecule has 0 unspecified atom stereocenters. The van der Waals surface area contributed by atoms with Crippen LogP contribution < -0.4 is 0 Å².